The van der Waals surface area contributed by atoms with Crippen LogP contribution in [0.2, 0.25) is 0 Å². The first-order chi connectivity index (χ1) is 10.4. The Kier molecular flexibility index (Phi) is 5.19. The molecule has 0 aromatic heterocycles. The Bertz CT molecular complexity index is 543. The lowest BCUT2D eigenvalue weighted by molar-refractivity contribution is -0.120. The van der Waals surface area contributed by atoms with Crippen molar-refractivity contribution in [2.75, 3.05) is 18.4 Å². The van der Waals surface area contributed by atoms with Crippen LogP contribution >= 0.6 is 0 Å². The molecule has 120 valence electrons. The van der Waals surface area contributed by atoms with Crippen molar-refractivity contribution in [2.24, 2.45) is 5.92 Å². The molecule has 0 bridgehead atoms. The first-order valence-corrected chi connectivity index (χ1v) is 7.80. The summed E-state index contributed by atoms with van der Waals surface area (Å²) in [6.45, 7) is 7.45. The molecule has 2 amide bonds. The number of carbonyl (C=O) groups excluding carboxylic acids is 2. The van der Waals surface area contributed by atoms with Crippen molar-refractivity contribution in [1.29, 1.82) is 0 Å². The van der Waals surface area contributed by atoms with Crippen LogP contribution in [0.4, 0.5) is 5.69 Å². The van der Waals surface area contributed by atoms with E-state index in [2.05, 4.69) is 16.0 Å². The third kappa shape index (κ3) is 4.56. The molecule has 1 fully saturated rings. The average Bonchev–Trinajstić information content (AvgIpc) is 2.47. The van der Waals surface area contributed by atoms with Gasteiger partial charge in [-0.05, 0) is 52.3 Å². The van der Waals surface area contributed by atoms with Gasteiger partial charge in [0.25, 0.3) is 5.91 Å². The quantitative estimate of drug-likeness (QED) is 0.801. The molecule has 1 atom stereocenters. The van der Waals surface area contributed by atoms with Crippen molar-refractivity contribution in [3.8, 4) is 0 Å². The van der Waals surface area contributed by atoms with Gasteiger partial charge < -0.3 is 16.0 Å². The minimum absolute atomic E-state index is 0.0248. The van der Waals surface area contributed by atoms with Crippen molar-refractivity contribution in [3.63, 3.8) is 0 Å². The normalized spacial score (nSPS) is 18.6. The summed E-state index contributed by atoms with van der Waals surface area (Å²) < 4.78 is 0. The summed E-state index contributed by atoms with van der Waals surface area (Å²) in [4.78, 5) is 24.7. The van der Waals surface area contributed by atoms with Crippen molar-refractivity contribution >= 4 is 17.5 Å². The van der Waals surface area contributed by atoms with Crippen LogP contribution in [0.3, 0.4) is 0 Å². The van der Waals surface area contributed by atoms with Gasteiger partial charge in [-0.1, -0.05) is 12.1 Å². The summed E-state index contributed by atoms with van der Waals surface area (Å²) in [5, 5.41) is 9.06. The minimum Gasteiger partial charge on any atom is -0.347 e. The number of piperidine rings is 1. The van der Waals surface area contributed by atoms with E-state index in [1.807, 2.05) is 26.8 Å². The molecule has 1 saturated heterocycles. The Hall–Kier alpha value is -1.88. The number of amides is 2. The summed E-state index contributed by atoms with van der Waals surface area (Å²) in [5.41, 5.74) is 0.746. The maximum absolute atomic E-state index is 12.4. The van der Waals surface area contributed by atoms with E-state index in [-0.39, 0.29) is 23.3 Å². The number of hydrogen-bond acceptors (Lipinski definition) is 3. The number of para-hydroxylation sites is 1. The fourth-order valence-electron chi connectivity index (χ4n) is 2.51. The SMILES string of the molecule is CC(C)(C)NC(=O)c1ccccc1NC(=O)C1CCCNC1. The molecule has 1 heterocycles. The summed E-state index contributed by atoms with van der Waals surface area (Å²) >= 11 is 0. The largest absolute Gasteiger partial charge is 0.347 e. The lowest BCUT2D eigenvalue weighted by atomic mass is 9.98. The second-order valence-electron chi connectivity index (χ2n) is 6.78. The number of carbonyl (C=O) groups is 2. The van der Waals surface area contributed by atoms with Crippen molar-refractivity contribution in [1.82, 2.24) is 10.6 Å². The van der Waals surface area contributed by atoms with Crippen LogP contribution < -0.4 is 16.0 Å². The summed E-state index contributed by atoms with van der Waals surface area (Å²) in [6, 6.07) is 7.12. The average molecular weight is 303 g/mol. The topological polar surface area (TPSA) is 70.2 Å². The van der Waals surface area contributed by atoms with E-state index in [1.165, 1.54) is 0 Å². The molecular weight excluding hydrogens is 278 g/mol. The number of benzene rings is 1. The predicted octanol–water partition coefficient (Wildman–Crippen LogP) is 2.15. The zero-order valence-corrected chi connectivity index (χ0v) is 13.5. The van der Waals surface area contributed by atoms with Crippen LogP contribution in [0.15, 0.2) is 24.3 Å². The minimum atomic E-state index is -0.318. The van der Waals surface area contributed by atoms with Crippen LogP contribution in [0.25, 0.3) is 0 Å². The highest BCUT2D eigenvalue weighted by Gasteiger charge is 2.23. The molecule has 0 saturated carbocycles. The van der Waals surface area contributed by atoms with E-state index < -0.39 is 0 Å². The zero-order valence-electron chi connectivity index (χ0n) is 13.5. The molecule has 5 nitrogen and oxygen atoms in total. The summed E-state index contributed by atoms with van der Waals surface area (Å²) in [6.07, 6.45) is 1.89. The molecule has 1 aromatic rings. The van der Waals surface area contributed by atoms with Gasteiger partial charge in [-0.3, -0.25) is 9.59 Å². The Morgan fingerprint density at radius 3 is 2.59 bits per heavy atom. The van der Waals surface area contributed by atoms with Crippen LogP contribution in [-0.2, 0) is 4.79 Å². The Labute approximate surface area is 131 Å². The number of rotatable bonds is 3. The molecule has 1 aromatic carbocycles. The summed E-state index contributed by atoms with van der Waals surface area (Å²) in [5.74, 6) is -0.235. The molecule has 0 spiro atoms. The van der Waals surface area contributed by atoms with Gasteiger partial charge in [0.1, 0.15) is 0 Å². The summed E-state index contributed by atoms with van der Waals surface area (Å²) in [7, 11) is 0. The smallest absolute Gasteiger partial charge is 0.253 e. The van der Waals surface area contributed by atoms with Crippen molar-refractivity contribution in [3.05, 3.63) is 29.8 Å². The monoisotopic (exact) mass is 303 g/mol. The third-order valence-corrected chi connectivity index (χ3v) is 3.59. The van der Waals surface area contributed by atoms with Gasteiger partial charge in [0, 0.05) is 12.1 Å². The van der Waals surface area contributed by atoms with Crippen LogP contribution in [0.1, 0.15) is 44.0 Å². The maximum Gasteiger partial charge on any atom is 0.253 e. The van der Waals surface area contributed by atoms with E-state index in [1.54, 1.807) is 18.2 Å². The predicted molar refractivity (Wildman–Crippen MR) is 87.9 cm³/mol. The highest BCUT2D eigenvalue weighted by Crippen LogP contribution is 2.19. The van der Waals surface area contributed by atoms with E-state index in [9.17, 15) is 9.59 Å². The highest BCUT2D eigenvalue weighted by atomic mass is 16.2. The molecular formula is C17H25N3O2. The number of hydrogen-bond donors (Lipinski definition) is 3. The first kappa shape index (κ1) is 16.5. The highest BCUT2D eigenvalue weighted by molar-refractivity contribution is 6.04. The fourth-order valence-corrected chi connectivity index (χ4v) is 2.51. The molecule has 1 aliphatic rings. The molecule has 2 rings (SSSR count). The van der Waals surface area contributed by atoms with Gasteiger partial charge in [-0.2, -0.15) is 0 Å². The lowest BCUT2D eigenvalue weighted by Crippen LogP contribution is -2.41. The molecule has 0 radical (unpaired) electrons. The molecule has 1 aliphatic heterocycles. The molecule has 5 heteroatoms. The van der Waals surface area contributed by atoms with Gasteiger partial charge in [0.2, 0.25) is 5.91 Å². The van der Waals surface area contributed by atoms with Crippen LogP contribution in [0, 0.1) is 5.92 Å². The van der Waals surface area contributed by atoms with E-state index in [4.69, 9.17) is 0 Å². The number of nitrogens with one attached hydrogen (secondary N) is 3. The van der Waals surface area contributed by atoms with Crippen LogP contribution in [0.5, 0.6) is 0 Å². The molecule has 22 heavy (non-hydrogen) atoms. The van der Waals surface area contributed by atoms with Gasteiger partial charge in [0.05, 0.1) is 17.2 Å². The maximum atomic E-state index is 12.4. The van der Waals surface area contributed by atoms with Crippen LogP contribution in [-0.4, -0.2) is 30.4 Å². The van der Waals surface area contributed by atoms with Gasteiger partial charge >= 0.3 is 0 Å². The van der Waals surface area contributed by atoms with Gasteiger partial charge in [0.15, 0.2) is 0 Å². The Morgan fingerprint density at radius 1 is 1.23 bits per heavy atom. The first-order valence-electron chi connectivity index (χ1n) is 7.80. The molecule has 3 N–H and O–H groups in total. The second kappa shape index (κ2) is 6.92. The fraction of sp³-hybridized carbons (Fsp3) is 0.529. The van der Waals surface area contributed by atoms with E-state index in [0.29, 0.717) is 17.8 Å². The second-order valence-corrected chi connectivity index (χ2v) is 6.78. The third-order valence-electron chi connectivity index (χ3n) is 3.59. The van der Waals surface area contributed by atoms with Crippen molar-refractivity contribution in [2.45, 2.75) is 39.2 Å². The van der Waals surface area contributed by atoms with Crippen molar-refractivity contribution < 1.29 is 9.59 Å². The molecule has 0 aliphatic carbocycles. The standard InChI is InChI=1S/C17H25N3O2/c1-17(2,3)20-16(22)13-8-4-5-9-14(13)19-15(21)12-7-6-10-18-11-12/h4-5,8-9,12,18H,6-7,10-11H2,1-3H3,(H,19,21)(H,20,22). The number of anilines is 1. The Morgan fingerprint density at radius 2 is 1.95 bits per heavy atom. The van der Waals surface area contributed by atoms with E-state index >= 15 is 0 Å². The molecule has 1 unspecified atom stereocenters. The van der Waals surface area contributed by atoms with E-state index in [0.717, 1.165) is 19.4 Å². The van der Waals surface area contributed by atoms with Gasteiger partial charge in [-0.15, -0.1) is 0 Å². The zero-order chi connectivity index (χ0) is 16.2. The van der Waals surface area contributed by atoms with Gasteiger partial charge in [-0.25, -0.2) is 0 Å². The Balaban J connectivity index is 2.10. The lowest BCUT2D eigenvalue weighted by Gasteiger charge is -2.24.